The van der Waals surface area contributed by atoms with E-state index in [4.69, 9.17) is 14.2 Å². The summed E-state index contributed by atoms with van der Waals surface area (Å²) >= 11 is 0. The van der Waals surface area contributed by atoms with Crippen LogP contribution in [-0.4, -0.2) is 58.0 Å². The minimum atomic E-state index is -0.516. The number of ether oxygens (including phenoxy) is 3. The molecule has 0 aliphatic rings. The number of nitro benzene ring substituents is 1. The second kappa shape index (κ2) is 10.0. The standard InChI is InChI=1S/C23H22N6O6/c1-14-16(5-4-6-18(14)29(31)32)23(30)24-11-12-35-21-10-9-20-25-26-22(28(20)27-21)17-8-7-15(33-2)13-19(17)34-3/h4-10,13H,11-12H2,1-3H3,(H,24,30). The van der Waals surface area contributed by atoms with Crippen molar-refractivity contribution in [1.29, 1.82) is 0 Å². The fraction of sp³-hybridized carbons (Fsp3) is 0.217. The van der Waals surface area contributed by atoms with E-state index in [2.05, 4.69) is 20.6 Å². The third-order valence-electron chi connectivity index (χ3n) is 5.27. The van der Waals surface area contributed by atoms with Crippen LogP contribution in [0.2, 0.25) is 0 Å². The summed E-state index contributed by atoms with van der Waals surface area (Å²) in [5.74, 6) is 1.52. The predicted molar refractivity (Wildman–Crippen MR) is 125 cm³/mol. The van der Waals surface area contributed by atoms with Gasteiger partial charge in [-0.05, 0) is 31.2 Å². The van der Waals surface area contributed by atoms with Gasteiger partial charge in [0.1, 0.15) is 18.1 Å². The number of fused-ring (bicyclic) bond motifs is 1. The molecule has 0 saturated carbocycles. The molecule has 180 valence electrons. The third-order valence-corrected chi connectivity index (χ3v) is 5.27. The van der Waals surface area contributed by atoms with E-state index in [-0.39, 0.29) is 24.4 Å². The van der Waals surface area contributed by atoms with Gasteiger partial charge in [-0.1, -0.05) is 6.07 Å². The SMILES string of the molecule is COc1ccc(-c2nnc3ccc(OCCNC(=O)c4cccc([N+](=O)[O-])c4C)nn23)c(OC)c1. The average molecular weight is 478 g/mol. The summed E-state index contributed by atoms with van der Waals surface area (Å²) in [5.41, 5.74) is 1.62. The predicted octanol–water partition coefficient (Wildman–Crippen LogP) is 2.83. The lowest BCUT2D eigenvalue weighted by Gasteiger charge is -2.10. The summed E-state index contributed by atoms with van der Waals surface area (Å²) in [6.07, 6.45) is 0. The van der Waals surface area contributed by atoms with Crippen LogP contribution in [0.1, 0.15) is 15.9 Å². The van der Waals surface area contributed by atoms with E-state index in [1.54, 1.807) is 44.6 Å². The van der Waals surface area contributed by atoms with Gasteiger partial charge in [0.2, 0.25) is 5.88 Å². The maximum absolute atomic E-state index is 12.5. The fourth-order valence-electron chi connectivity index (χ4n) is 3.48. The zero-order chi connectivity index (χ0) is 24.9. The molecular weight excluding hydrogens is 456 g/mol. The van der Waals surface area contributed by atoms with Gasteiger partial charge in [0, 0.05) is 29.3 Å². The Kier molecular flexibility index (Phi) is 6.71. The number of carbonyl (C=O) groups is 1. The van der Waals surface area contributed by atoms with E-state index in [0.717, 1.165) is 0 Å². The number of methoxy groups -OCH3 is 2. The molecule has 0 bridgehead atoms. The van der Waals surface area contributed by atoms with E-state index in [0.29, 0.717) is 40.0 Å². The van der Waals surface area contributed by atoms with Gasteiger partial charge in [0.15, 0.2) is 11.5 Å². The average Bonchev–Trinajstić information content (AvgIpc) is 3.29. The van der Waals surface area contributed by atoms with Gasteiger partial charge in [-0.2, -0.15) is 4.52 Å². The molecule has 1 N–H and O–H groups in total. The molecule has 2 aromatic heterocycles. The van der Waals surface area contributed by atoms with Crippen LogP contribution in [0.15, 0.2) is 48.5 Å². The molecule has 12 heteroatoms. The first-order chi connectivity index (χ1) is 16.9. The maximum Gasteiger partial charge on any atom is 0.273 e. The second-order valence-corrected chi connectivity index (χ2v) is 7.34. The molecule has 0 unspecified atom stereocenters. The number of benzene rings is 2. The smallest absolute Gasteiger partial charge is 0.273 e. The Labute approximate surface area is 199 Å². The molecule has 0 spiro atoms. The molecule has 4 rings (SSSR count). The summed E-state index contributed by atoms with van der Waals surface area (Å²) in [6, 6.07) is 13.0. The van der Waals surface area contributed by atoms with Crippen molar-refractivity contribution in [3.8, 4) is 28.8 Å². The van der Waals surface area contributed by atoms with Crippen molar-refractivity contribution >= 4 is 17.2 Å². The number of nitrogens with one attached hydrogen (secondary N) is 1. The largest absolute Gasteiger partial charge is 0.497 e. The highest BCUT2D eigenvalue weighted by atomic mass is 16.6. The molecule has 0 atom stereocenters. The zero-order valence-electron chi connectivity index (χ0n) is 19.2. The summed E-state index contributed by atoms with van der Waals surface area (Å²) < 4.78 is 17.9. The van der Waals surface area contributed by atoms with Crippen molar-refractivity contribution in [2.45, 2.75) is 6.92 Å². The molecule has 0 fully saturated rings. The van der Waals surface area contributed by atoms with Crippen LogP contribution in [0.5, 0.6) is 17.4 Å². The highest BCUT2D eigenvalue weighted by Crippen LogP contribution is 2.32. The molecular formula is C23H22N6O6. The van der Waals surface area contributed by atoms with E-state index >= 15 is 0 Å². The van der Waals surface area contributed by atoms with Crippen LogP contribution in [0.3, 0.4) is 0 Å². The van der Waals surface area contributed by atoms with Crippen LogP contribution in [0.4, 0.5) is 5.69 Å². The Bertz CT molecular complexity index is 1400. The summed E-state index contributed by atoms with van der Waals surface area (Å²) in [4.78, 5) is 23.0. The van der Waals surface area contributed by atoms with Crippen LogP contribution >= 0.6 is 0 Å². The number of rotatable bonds is 9. The number of aromatic nitrogens is 4. The summed E-state index contributed by atoms with van der Waals surface area (Å²) in [6.45, 7) is 1.83. The van der Waals surface area contributed by atoms with Gasteiger partial charge in [0.25, 0.3) is 11.6 Å². The van der Waals surface area contributed by atoms with Crippen molar-refractivity contribution < 1.29 is 23.9 Å². The van der Waals surface area contributed by atoms with Crippen molar-refractivity contribution in [2.75, 3.05) is 27.4 Å². The molecule has 0 radical (unpaired) electrons. The molecule has 0 aliphatic carbocycles. The van der Waals surface area contributed by atoms with Crippen LogP contribution in [0.25, 0.3) is 17.0 Å². The number of carbonyl (C=O) groups excluding carboxylic acids is 1. The zero-order valence-corrected chi connectivity index (χ0v) is 19.2. The second-order valence-electron chi connectivity index (χ2n) is 7.34. The van der Waals surface area contributed by atoms with E-state index in [9.17, 15) is 14.9 Å². The van der Waals surface area contributed by atoms with Crippen molar-refractivity contribution in [1.82, 2.24) is 25.1 Å². The van der Waals surface area contributed by atoms with Gasteiger partial charge in [-0.15, -0.1) is 15.3 Å². The molecule has 4 aromatic rings. The molecule has 2 aromatic carbocycles. The van der Waals surface area contributed by atoms with Gasteiger partial charge in [0.05, 0.1) is 31.3 Å². The number of hydrogen-bond donors (Lipinski definition) is 1. The summed E-state index contributed by atoms with van der Waals surface area (Å²) in [5, 5.41) is 26.6. The topological polar surface area (TPSA) is 143 Å². The van der Waals surface area contributed by atoms with Crippen molar-refractivity contribution in [2.24, 2.45) is 0 Å². The van der Waals surface area contributed by atoms with Gasteiger partial charge in [-0.3, -0.25) is 14.9 Å². The van der Waals surface area contributed by atoms with Gasteiger partial charge in [-0.25, -0.2) is 0 Å². The fourth-order valence-corrected chi connectivity index (χ4v) is 3.48. The maximum atomic E-state index is 12.5. The Morgan fingerprint density at radius 3 is 2.69 bits per heavy atom. The lowest BCUT2D eigenvalue weighted by molar-refractivity contribution is -0.385. The molecule has 35 heavy (non-hydrogen) atoms. The molecule has 12 nitrogen and oxygen atoms in total. The third kappa shape index (κ3) is 4.81. The Hall–Kier alpha value is -4.74. The first-order valence-corrected chi connectivity index (χ1v) is 10.5. The van der Waals surface area contributed by atoms with Crippen LogP contribution < -0.4 is 19.5 Å². The first kappa shape index (κ1) is 23.4. The lowest BCUT2D eigenvalue weighted by Crippen LogP contribution is -2.29. The number of amides is 1. The Morgan fingerprint density at radius 1 is 1.11 bits per heavy atom. The lowest BCUT2D eigenvalue weighted by atomic mass is 10.1. The highest BCUT2D eigenvalue weighted by Gasteiger charge is 2.18. The van der Waals surface area contributed by atoms with E-state index < -0.39 is 10.8 Å². The highest BCUT2D eigenvalue weighted by molar-refractivity contribution is 5.96. The van der Waals surface area contributed by atoms with Crippen molar-refractivity contribution in [3.05, 3.63) is 69.8 Å². The molecule has 2 heterocycles. The van der Waals surface area contributed by atoms with E-state index in [1.807, 2.05) is 0 Å². The number of hydrogen-bond acceptors (Lipinski definition) is 9. The number of nitrogens with zero attached hydrogens (tertiary/aromatic N) is 5. The van der Waals surface area contributed by atoms with Gasteiger partial charge < -0.3 is 19.5 Å². The molecule has 0 aliphatic heterocycles. The van der Waals surface area contributed by atoms with Crippen LogP contribution in [0, 0.1) is 17.0 Å². The molecule has 1 amide bonds. The molecule has 0 saturated heterocycles. The normalized spacial score (nSPS) is 10.7. The minimum Gasteiger partial charge on any atom is -0.497 e. The van der Waals surface area contributed by atoms with E-state index in [1.165, 1.54) is 29.6 Å². The minimum absolute atomic E-state index is 0.107. The Balaban J connectivity index is 1.45. The Morgan fingerprint density at radius 2 is 1.94 bits per heavy atom. The summed E-state index contributed by atoms with van der Waals surface area (Å²) in [7, 11) is 3.12. The van der Waals surface area contributed by atoms with Crippen molar-refractivity contribution in [3.63, 3.8) is 0 Å². The monoisotopic (exact) mass is 478 g/mol. The number of nitro groups is 1. The first-order valence-electron chi connectivity index (χ1n) is 10.5. The quantitative estimate of drug-likeness (QED) is 0.218. The van der Waals surface area contributed by atoms with Gasteiger partial charge >= 0.3 is 0 Å². The van der Waals surface area contributed by atoms with Crippen LogP contribution in [-0.2, 0) is 0 Å².